The molecule has 36 heavy (non-hydrogen) atoms. The molecule has 2 aromatic carbocycles. The molecular formula is C27H25N7O2. The number of aliphatic hydroxyl groups excluding tert-OH is 1. The Labute approximate surface area is 207 Å². The number of nitrogens with one attached hydrogen (secondary N) is 2. The molecule has 0 spiro atoms. The zero-order chi connectivity index (χ0) is 25.1. The molecule has 9 nitrogen and oxygen atoms in total. The van der Waals surface area contributed by atoms with Gasteiger partial charge in [-0.1, -0.05) is 12.1 Å². The molecule has 3 aromatic heterocycles. The summed E-state index contributed by atoms with van der Waals surface area (Å²) in [6.07, 6.45) is 2.94. The highest BCUT2D eigenvalue weighted by Crippen LogP contribution is 2.30. The van der Waals surface area contributed by atoms with Crippen LogP contribution in [0.3, 0.4) is 0 Å². The maximum Gasteiger partial charge on any atom is 0.228 e. The number of nitrogens with two attached hydrogens (primary N) is 1. The fourth-order valence-electron chi connectivity index (χ4n) is 3.99. The molecule has 0 aliphatic rings. The van der Waals surface area contributed by atoms with Crippen molar-refractivity contribution in [1.82, 2.24) is 19.5 Å². The molecule has 5 aromatic rings. The second-order valence-electron chi connectivity index (χ2n) is 8.34. The molecule has 180 valence electrons. The molecule has 0 aliphatic heterocycles. The van der Waals surface area contributed by atoms with Crippen LogP contribution in [0.1, 0.15) is 12.5 Å². The van der Waals surface area contributed by atoms with Gasteiger partial charge in [-0.3, -0.25) is 9.36 Å². The van der Waals surface area contributed by atoms with Crippen molar-refractivity contribution in [3.05, 3.63) is 90.8 Å². The van der Waals surface area contributed by atoms with Gasteiger partial charge >= 0.3 is 0 Å². The van der Waals surface area contributed by atoms with Crippen LogP contribution in [0, 0.1) is 0 Å². The van der Waals surface area contributed by atoms with Crippen LogP contribution in [-0.4, -0.2) is 36.8 Å². The van der Waals surface area contributed by atoms with E-state index < -0.39 is 6.23 Å². The van der Waals surface area contributed by atoms with E-state index in [0.29, 0.717) is 28.5 Å². The molecule has 0 radical (unpaired) electrons. The van der Waals surface area contributed by atoms with Crippen LogP contribution in [0.25, 0.3) is 28.2 Å². The van der Waals surface area contributed by atoms with Gasteiger partial charge in [-0.15, -0.1) is 0 Å². The molecule has 5 N–H and O–H groups in total. The largest absolute Gasteiger partial charge is 0.383 e. The second kappa shape index (κ2) is 9.85. The number of pyridine rings is 2. The summed E-state index contributed by atoms with van der Waals surface area (Å²) >= 11 is 0. The average molecular weight is 480 g/mol. The highest BCUT2D eigenvalue weighted by molar-refractivity contribution is 5.92. The van der Waals surface area contributed by atoms with Crippen LogP contribution >= 0.6 is 0 Å². The van der Waals surface area contributed by atoms with E-state index in [9.17, 15) is 9.90 Å². The lowest BCUT2D eigenvalue weighted by Crippen LogP contribution is -2.15. The molecule has 1 unspecified atom stereocenters. The third-order valence-electron chi connectivity index (χ3n) is 5.60. The van der Waals surface area contributed by atoms with Crippen LogP contribution in [-0.2, 0) is 11.2 Å². The summed E-state index contributed by atoms with van der Waals surface area (Å²) in [6, 6.07) is 22.3. The average Bonchev–Trinajstić information content (AvgIpc) is 3.25. The van der Waals surface area contributed by atoms with Gasteiger partial charge in [0.1, 0.15) is 17.6 Å². The number of aliphatic hydroxyl groups is 1. The highest BCUT2D eigenvalue weighted by Gasteiger charge is 2.17. The lowest BCUT2D eigenvalue weighted by Gasteiger charge is -2.12. The van der Waals surface area contributed by atoms with Crippen molar-refractivity contribution in [2.24, 2.45) is 0 Å². The number of rotatable bonds is 7. The number of anilines is 3. The van der Waals surface area contributed by atoms with Gasteiger partial charge in [0.05, 0.1) is 12.0 Å². The number of hydrogen-bond donors (Lipinski definition) is 4. The fourth-order valence-corrected chi connectivity index (χ4v) is 3.99. The van der Waals surface area contributed by atoms with E-state index in [1.165, 1.54) is 0 Å². The standard InChI is InChI=1S/C27H25N7O2/c1-17(35)31-19-8-10-20(11-9-19)32-24(36)16-18-6-12-21(13-7-18)34-26(22-4-2-14-29-25(22)28)33-23-5-3-15-30-27(23)34/h2-15,17,31,35H,16H2,1H3,(H2,28,29)(H,32,36). The van der Waals surface area contributed by atoms with E-state index in [0.717, 1.165) is 22.5 Å². The van der Waals surface area contributed by atoms with Gasteiger partial charge in [0.25, 0.3) is 0 Å². The Morgan fingerprint density at radius 1 is 0.972 bits per heavy atom. The number of nitrogen functional groups attached to an aromatic ring is 1. The second-order valence-corrected chi connectivity index (χ2v) is 8.34. The van der Waals surface area contributed by atoms with E-state index >= 15 is 0 Å². The van der Waals surface area contributed by atoms with Crippen molar-refractivity contribution in [1.29, 1.82) is 0 Å². The van der Waals surface area contributed by atoms with E-state index in [-0.39, 0.29) is 12.3 Å². The quantitative estimate of drug-likeness (QED) is 0.260. The van der Waals surface area contributed by atoms with Crippen molar-refractivity contribution in [3.8, 4) is 17.1 Å². The van der Waals surface area contributed by atoms with Gasteiger partial charge in [-0.05, 0) is 73.2 Å². The minimum Gasteiger partial charge on any atom is -0.383 e. The van der Waals surface area contributed by atoms with Crippen LogP contribution in [0.5, 0.6) is 0 Å². The minimum absolute atomic E-state index is 0.127. The normalized spacial score (nSPS) is 11.8. The first kappa shape index (κ1) is 23.0. The third kappa shape index (κ3) is 4.86. The van der Waals surface area contributed by atoms with Crippen LogP contribution in [0.4, 0.5) is 17.2 Å². The van der Waals surface area contributed by atoms with Gasteiger partial charge in [-0.25, -0.2) is 15.0 Å². The smallest absolute Gasteiger partial charge is 0.228 e. The minimum atomic E-state index is -0.651. The number of nitrogens with zero attached hydrogens (tertiary/aromatic N) is 4. The SMILES string of the molecule is CC(O)Nc1ccc(NC(=O)Cc2ccc(-n3c(-c4cccnc4N)nc4cccnc43)cc2)cc1. The molecule has 0 saturated carbocycles. The molecule has 0 saturated heterocycles. The van der Waals surface area contributed by atoms with Gasteiger partial charge < -0.3 is 21.5 Å². The van der Waals surface area contributed by atoms with Gasteiger partial charge in [0.2, 0.25) is 5.91 Å². The number of benzene rings is 2. The fraction of sp³-hybridized carbons (Fsp3) is 0.111. The summed E-state index contributed by atoms with van der Waals surface area (Å²) in [5, 5.41) is 15.2. The number of fused-ring (bicyclic) bond motifs is 1. The summed E-state index contributed by atoms with van der Waals surface area (Å²) in [5.74, 6) is 0.905. The Kier molecular flexibility index (Phi) is 6.29. The van der Waals surface area contributed by atoms with E-state index in [1.54, 1.807) is 43.6 Å². The molecule has 0 bridgehead atoms. The van der Waals surface area contributed by atoms with Crippen molar-refractivity contribution in [2.45, 2.75) is 19.6 Å². The van der Waals surface area contributed by atoms with Crippen LogP contribution in [0.2, 0.25) is 0 Å². The summed E-state index contributed by atoms with van der Waals surface area (Å²) in [6.45, 7) is 1.64. The molecular weight excluding hydrogens is 454 g/mol. The van der Waals surface area contributed by atoms with Crippen molar-refractivity contribution in [3.63, 3.8) is 0 Å². The number of aromatic nitrogens is 4. The zero-order valence-corrected chi connectivity index (χ0v) is 19.6. The summed E-state index contributed by atoms with van der Waals surface area (Å²) in [4.78, 5) is 26.1. The Bertz CT molecular complexity index is 1510. The zero-order valence-electron chi connectivity index (χ0n) is 19.6. The Balaban J connectivity index is 1.37. The molecule has 0 aliphatic carbocycles. The topological polar surface area (TPSA) is 131 Å². The number of hydrogen-bond acceptors (Lipinski definition) is 7. The number of imidazole rings is 1. The molecule has 1 atom stereocenters. The van der Waals surface area contributed by atoms with Crippen molar-refractivity contribution in [2.75, 3.05) is 16.4 Å². The predicted octanol–water partition coefficient (Wildman–Crippen LogP) is 4.00. The van der Waals surface area contributed by atoms with Crippen molar-refractivity contribution < 1.29 is 9.90 Å². The first-order valence-electron chi connectivity index (χ1n) is 11.5. The third-order valence-corrected chi connectivity index (χ3v) is 5.60. The maximum atomic E-state index is 12.6. The molecule has 3 heterocycles. The number of amides is 1. The first-order valence-corrected chi connectivity index (χ1v) is 11.5. The van der Waals surface area contributed by atoms with Crippen LogP contribution in [0.15, 0.2) is 85.2 Å². The van der Waals surface area contributed by atoms with Gasteiger partial charge in [-0.2, -0.15) is 0 Å². The van der Waals surface area contributed by atoms with E-state index in [4.69, 9.17) is 10.7 Å². The monoisotopic (exact) mass is 479 g/mol. The van der Waals surface area contributed by atoms with Gasteiger partial charge in [0.15, 0.2) is 11.5 Å². The van der Waals surface area contributed by atoms with E-state index in [2.05, 4.69) is 20.6 Å². The number of carbonyl (C=O) groups excluding carboxylic acids is 1. The summed E-state index contributed by atoms with van der Waals surface area (Å²) in [7, 11) is 0. The molecule has 5 rings (SSSR count). The Morgan fingerprint density at radius 3 is 2.39 bits per heavy atom. The predicted molar refractivity (Wildman–Crippen MR) is 141 cm³/mol. The van der Waals surface area contributed by atoms with E-state index in [1.807, 2.05) is 53.1 Å². The summed E-state index contributed by atoms with van der Waals surface area (Å²) < 4.78 is 1.94. The molecule has 9 heteroatoms. The molecule has 0 fully saturated rings. The lowest BCUT2D eigenvalue weighted by atomic mass is 10.1. The summed E-state index contributed by atoms with van der Waals surface area (Å²) in [5.41, 5.74) is 11.5. The molecule has 1 amide bonds. The first-order chi connectivity index (χ1) is 17.5. The van der Waals surface area contributed by atoms with Crippen LogP contribution < -0.4 is 16.4 Å². The van der Waals surface area contributed by atoms with Crippen molar-refractivity contribution >= 4 is 34.3 Å². The lowest BCUT2D eigenvalue weighted by molar-refractivity contribution is -0.115. The number of carbonyl (C=O) groups is 1. The maximum absolute atomic E-state index is 12.6. The Hall–Kier alpha value is -4.76. The van der Waals surface area contributed by atoms with Gasteiger partial charge in [0, 0.05) is 29.5 Å². The highest BCUT2D eigenvalue weighted by atomic mass is 16.3. The Morgan fingerprint density at radius 2 is 1.67 bits per heavy atom.